The second-order valence-corrected chi connectivity index (χ2v) is 9.05. The van der Waals surface area contributed by atoms with Crippen molar-refractivity contribution in [2.75, 3.05) is 0 Å². The summed E-state index contributed by atoms with van der Waals surface area (Å²) in [7, 11) is 0. The van der Waals surface area contributed by atoms with Gasteiger partial charge in [0, 0.05) is 25.1 Å². The van der Waals surface area contributed by atoms with Crippen molar-refractivity contribution in [3.63, 3.8) is 0 Å². The molecule has 35 heavy (non-hydrogen) atoms. The number of aryl methyl sites for hydroxylation is 1. The van der Waals surface area contributed by atoms with Gasteiger partial charge in [-0.2, -0.15) is 18.2 Å². The number of hydrogen-bond donors (Lipinski definition) is 1. The third-order valence-electron chi connectivity index (χ3n) is 6.14. The van der Waals surface area contributed by atoms with Crippen LogP contribution in [0.25, 0.3) is 11.5 Å². The molecule has 0 amide bonds. The van der Waals surface area contributed by atoms with Crippen LogP contribution in [0.1, 0.15) is 87.2 Å². The fraction of sp³-hybridized carbons (Fsp3) is 0.500. The molecule has 0 aliphatic rings. The molecular formula is C28H36F3N3O. The molecule has 0 saturated heterocycles. The van der Waals surface area contributed by atoms with E-state index < -0.39 is 11.7 Å². The second kappa shape index (κ2) is 14.0. The molecule has 0 radical (unpaired) electrons. The smallest absolute Gasteiger partial charge is 0.334 e. The molecule has 7 heteroatoms. The number of benzene rings is 2. The van der Waals surface area contributed by atoms with Crippen molar-refractivity contribution < 1.29 is 17.7 Å². The van der Waals surface area contributed by atoms with E-state index in [0.717, 1.165) is 35.9 Å². The minimum Gasteiger partial charge on any atom is -0.334 e. The van der Waals surface area contributed by atoms with E-state index in [0.29, 0.717) is 12.4 Å². The van der Waals surface area contributed by atoms with Gasteiger partial charge in [-0.05, 0) is 35.7 Å². The zero-order valence-electron chi connectivity index (χ0n) is 20.5. The van der Waals surface area contributed by atoms with Gasteiger partial charge in [0.25, 0.3) is 5.89 Å². The maximum absolute atomic E-state index is 13.1. The van der Waals surface area contributed by atoms with E-state index in [1.165, 1.54) is 63.5 Å². The monoisotopic (exact) mass is 487 g/mol. The molecule has 2 aromatic carbocycles. The van der Waals surface area contributed by atoms with Crippen LogP contribution in [0.15, 0.2) is 53.1 Å². The lowest BCUT2D eigenvalue weighted by atomic mass is 10.1. The summed E-state index contributed by atoms with van der Waals surface area (Å²) in [6.45, 7) is 2.84. The molecule has 1 aromatic heterocycles. The highest BCUT2D eigenvalue weighted by atomic mass is 19.4. The summed E-state index contributed by atoms with van der Waals surface area (Å²) < 4.78 is 44.8. The number of unbranched alkanes of at least 4 members (excludes halogenated alkanes) is 8. The first-order chi connectivity index (χ1) is 17.0. The summed E-state index contributed by atoms with van der Waals surface area (Å²) in [5.74, 6) is 1.23. The molecule has 4 nitrogen and oxygen atoms in total. The zero-order valence-corrected chi connectivity index (χ0v) is 20.5. The lowest BCUT2D eigenvalue weighted by Crippen LogP contribution is -2.17. The van der Waals surface area contributed by atoms with Gasteiger partial charge in [-0.1, -0.05) is 93.8 Å². The van der Waals surface area contributed by atoms with E-state index in [1.807, 2.05) is 24.3 Å². The summed E-state index contributed by atoms with van der Waals surface area (Å²) in [4.78, 5) is 4.51. The molecule has 3 rings (SSSR count). The molecule has 3 aromatic rings. The van der Waals surface area contributed by atoms with E-state index in [9.17, 15) is 13.2 Å². The van der Waals surface area contributed by atoms with Gasteiger partial charge in [0.05, 0.1) is 5.56 Å². The quantitative estimate of drug-likeness (QED) is 0.220. The summed E-state index contributed by atoms with van der Waals surface area (Å²) in [5, 5.41) is 7.20. The molecular weight excluding hydrogens is 451 g/mol. The molecule has 0 spiro atoms. The summed E-state index contributed by atoms with van der Waals surface area (Å²) in [5.41, 5.74) is 1.44. The first-order valence-corrected chi connectivity index (χ1v) is 12.7. The Balaban J connectivity index is 1.39. The number of aromatic nitrogens is 2. The Kier molecular flexibility index (Phi) is 10.8. The highest BCUT2D eigenvalue weighted by molar-refractivity contribution is 5.53. The molecule has 1 heterocycles. The van der Waals surface area contributed by atoms with Crippen molar-refractivity contribution in [1.82, 2.24) is 15.5 Å². The third-order valence-corrected chi connectivity index (χ3v) is 6.14. The topological polar surface area (TPSA) is 51.0 Å². The zero-order chi connectivity index (χ0) is 24.9. The second-order valence-electron chi connectivity index (χ2n) is 9.05. The van der Waals surface area contributed by atoms with Crippen LogP contribution >= 0.6 is 0 Å². The minimum atomic E-state index is -4.35. The van der Waals surface area contributed by atoms with Crippen LogP contribution in [0.5, 0.6) is 0 Å². The van der Waals surface area contributed by atoms with Crippen molar-refractivity contribution in [3.8, 4) is 11.5 Å². The van der Waals surface area contributed by atoms with Crippen molar-refractivity contribution >= 4 is 0 Å². The van der Waals surface area contributed by atoms with Gasteiger partial charge < -0.3 is 9.84 Å². The number of alkyl halides is 3. The average Bonchev–Trinajstić information content (AvgIpc) is 3.32. The third kappa shape index (κ3) is 9.13. The molecule has 0 saturated carbocycles. The first kappa shape index (κ1) is 26.9. The highest BCUT2D eigenvalue weighted by Crippen LogP contribution is 2.31. The van der Waals surface area contributed by atoms with Gasteiger partial charge in [0.15, 0.2) is 5.82 Å². The van der Waals surface area contributed by atoms with Gasteiger partial charge in [-0.15, -0.1) is 0 Å². The number of nitrogens with one attached hydrogen (secondary N) is 1. The first-order valence-electron chi connectivity index (χ1n) is 12.7. The molecule has 0 fully saturated rings. The van der Waals surface area contributed by atoms with Crippen LogP contribution in [0, 0.1) is 0 Å². The number of rotatable bonds is 15. The number of nitrogens with zero attached hydrogens (tertiary/aromatic N) is 2. The van der Waals surface area contributed by atoms with Gasteiger partial charge in [-0.25, -0.2) is 0 Å². The summed E-state index contributed by atoms with van der Waals surface area (Å²) >= 11 is 0. The fourth-order valence-corrected chi connectivity index (χ4v) is 4.12. The van der Waals surface area contributed by atoms with Crippen molar-refractivity contribution in [2.24, 2.45) is 0 Å². The predicted molar refractivity (Wildman–Crippen MR) is 133 cm³/mol. The van der Waals surface area contributed by atoms with E-state index >= 15 is 0 Å². The Bertz CT molecular complexity index is 999. The molecule has 0 atom stereocenters. The van der Waals surface area contributed by atoms with Crippen LogP contribution in [-0.2, 0) is 25.7 Å². The predicted octanol–water partition coefficient (Wildman–Crippen LogP) is 8.12. The Hall–Kier alpha value is -2.67. The van der Waals surface area contributed by atoms with Crippen molar-refractivity contribution in [2.45, 2.75) is 90.4 Å². The minimum absolute atomic E-state index is 0.142. The van der Waals surface area contributed by atoms with E-state index in [1.54, 1.807) is 6.07 Å². The maximum atomic E-state index is 13.1. The van der Waals surface area contributed by atoms with E-state index in [2.05, 4.69) is 22.4 Å². The van der Waals surface area contributed by atoms with Crippen molar-refractivity contribution in [3.05, 3.63) is 71.0 Å². The molecule has 1 N–H and O–H groups in total. The van der Waals surface area contributed by atoms with Crippen LogP contribution in [0.2, 0.25) is 0 Å². The number of hydrogen-bond acceptors (Lipinski definition) is 4. The van der Waals surface area contributed by atoms with Gasteiger partial charge in [-0.3, -0.25) is 0 Å². The maximum Gasteiger partial charge on any atom is 0.416 e. The largest absolute Gasteiger partial charge is 0.416 e. The molecule has 0 aliphatic heterocycles. The Morgan fingerprint density at radius 1 is 0.800 bits per heavy atom. The van der Waals surface area contributed by atoms with Crippen molar-refractivity contribution in [1.29, 1.82) is 0 Å². The Labute approximate surface area is 206 Å². The lowest BCUT2D eigenvalue weighted by molar-refractivity contribution is -0.138. The fourth-order valence-electron chi connectivity index (χ4n) is 4.12. The average molecular weight is 488 g/mol. The Morgan fingerprint density at radius 2 is 1.46 bits per heavy atom. The molecule has 0 unspecified atom stereocenters. The standard InChI is InChI=1S/C28H36F3N3O/c1-2-3-4-5-6-7-8-9-10-15-26-33-27(35-34-26)23-18-16-22(17-19-23)20-32-21-24-13-11-12-14-25(24)28(29,30)31/h11-14,16-19,32H,2-10,15,20-21H2,1H3. The van der Waals surface area contributed by atoms with Crippen LogP contribution in [0.3, 0.4) is 0 Å². The summed E-state index contributed by atoms with van der Waals surface area (Å²) in [6, 6.07) is 13.3. The SMILES string of the molecule is CCCCCCCCCCCc1noc(-c2ccc(CNCc3ccccc3C(F)(F)F)cc2)n1. The molecule has 0 aliphatic carbocycles. The molecule has 190 valence electrons. The van der Waals surface area contributed by atoms with Gasteiger partial charge >= 0.3 is 6.18 Å². The van der Waals surface area contributed by atoms with Gasteiger partial charge in [0.2, 0.25) is 0 Å². The Morgan fingerprint density at radius 3 is 2.14 bits per heavy atom. The van der Waals surface area contributed by atoms with Crippen LogP contribution in [0.4, 0.5) is 13.2 Å². The number of halogens is 3. The van der Waals surface area contributed by atoms with Gasteiger partial charge in [0.1, 0.15) is 0 Å². The normalized spacial score (nSPS) is 11.8. The molecule has 0 bridgehead atoms. The van der Waals surface area contributed by atoms with E-state index in [4.69, 9.17) is 4.52 Å². The van der Waals surface area contributed by atoms with Crippen LogP contribution in [-0.4, -0.2) is 10.1 Å². The van der Waals surface area contributed by atoms with E-state index in [-0.39, 0.29) is 12.1 Å². The highest BCUT2D eigenvalue weighted by Gasteiger charge is 2.32. The van der Waals surface area contributed by atoms with Crippen LogP contribution < -0.4 is 5.32 Å². The lowest BCUT2D eigenvalue weighted by Gasteiger charge is -2.13. The summed E-state index contributed by atoms with van der Waals surface area (Å²) in [6.07, 6.45) is 7.96.